The Bertz CT molecular complexity index is 3210. The van der Waals surface area contributed by atoms with Crippen LogP contribution >= 0.6 is 0 Å². The van der Waals surface area contributed by atoms with E-state index in [4.69, 9.17) is 15.0 Å². The van der Waals surface area contributed by atoms with Crippen molar-refractivity contribution in [1.82, 2.24) is 43.6 Å². The zero-order valence-corrected chi connectivity index (χ0v) is 49.5. The molecule has 4 aromatic heterocycles. The molecule has 0 saturated heterocycles. The van der Waals surface area contributed by atoms with Crippen LogP contribution in [-0.4, -0.2) is 69.7 Å². The van der Waals surface area contributed by atoms with Gasteiger partial charge in [0.15, 0.2) is 31.9 Å². The number of nitrogens with zero attached hydrogens (tertiary/aromatic N) is 12. The van der Waals surface area contributed by atoms with Crippen LogP contribution in [0.3, 0.4) is 0 Å². The van der Waals surface area contributed by atoms with Crippen LogP contribution in [0.1, 0.15) is 159 Å². The molecule has 3 aromatic carbocycles. The van der Waals surface area contributed by atoms with Crippen LogP contribution < -0.4 is 13.7 Å². The summed E-state index contributed by atoms with van der Waals surface area (Å²) in [6.45, 7) is 39.0. The van der Waals surface area contributed by atoms with E-state index in [-0.39, 0.29) is 52.6 Å². The van der Waals surface area contributed by atoms with Crippen molar-refractivity contribution < 1.29 is 33.8 Å². The Balaban J connectivity index is 0.000000177. The van der Waals surface area contributed by atoms with Gasteiger partial charge in [0.1, 0.15) is 35.4 Å². The molecule has 12 nitrogen and oxygen atoms in total. The fourth-order valence-electron chi connectivity index (χ4n) is 7.79. The van der Waals surface area contributed by atoms with Gasteiger partial charge in [-0.25, -0.2) is 15.0 Å². The molecule has 1 radical (unpaired) electrons. The van der Waals surface area contributed by atoms with Gasteiger partial charge >= 0.3 is 35.0 Å². The number of rotatable bonds is 3. The molecule has 0 N–H and O–H groups in total. The van der Waals surface area contributed by atoms with Gasteiger partial charge in [-0.1, -0.05) is 161 Å². The number of aryl methyl sites for hydroxylation is 1. The van der Waals surface area contributed by atoms with Crippen LogP contribution in [0, 0.1) is 24.5 Å². The van der Waals surface area contributed by atoms with Gasteiger partial charge in [0.05, 0.1) is 5.52 Å². The van der Waals surface area contributed by atoms with E-state index in [1.165, 1.54) is 16.7 Å². The number of imidazole rings is 1. The summed E-state index contributed by atoms with van der Waals surface area (Å²) < 4.78 is 11.7. The Hall–Kier alpha value is -6.22. The minimum atomic E-state index is -0.0984. The second kappa shape index (κ2) is 20.2. The number of hydrogen-bond acceptors (Lipinski definition) is 6. The third kappa shape index (κ3) is 12.4. The maximum Gasteiger partial charge on any atom is 0.495 e. The van der Waals surface area contributed by atoms with Gasteiger partial charge in [-0.2, -0.15) is 64.1 Å². The maximum absolute atomic E-state index is 4.82. The quantitative estimate of drug-likeness (QED) is 0.129. The monoisotopic (exact) mass is 1160 g/mol. The molecule has 383 valence electrons. The first-order valence-corrected chi connectivity index (χ1v) is 24.8. The molecule has 2 aliphatic rings. The molecule has 2 aliphatic heterocycles. The maximum atomic E-state index is 4.82. The van der Waals surface area contributed by atoms with Gasteiger partial charge in [-0.3, -0.25) is 0 Å². The van der Waals surface area contributed by atoms with Crippen molar-refractivity contribution in [3.05, 3.63) is 132 Å². The average Bonchev–Trinajstić information content (AvgIpc) is 3.94. The Kier molecular flexibility index (Phi) is 15.5. The second-order valence-corrected chi connectivity index (χ2v) is 25.1. The predicted octanol–water partition coefficient (Wildman–Crippen LogP) is 11.8. The molecule has 0 atom stereocenters. The minimum absolute atomic E-state index is 0. The summed E-state index contributed by atoms with van der Waals surface area (Å²) in [6.07, 6.45) is 8.96. The Morgan fingerprint density at radius 3 is 1.18 bits per heavy atom. The smallest absolute Gasteiger partial charge is 0.348 e. The van der Waals surface area contributed by atoms with E-state index in [0.29, 0.717) is 0 Å². The predicted molar refractivity (Wildman–Crippen MR) is 289 cm³/mol. The van der Waals surface area contributed by atoms with Crippen molar-refractivity contribution in [1.29, 1.82) is 0 Å². The molecule has 73 heavy (non-hydrogen) atoms. The number of hydrogen-bond donors (Lipinski definition) is 0. The topological polar surface area (TPSA) is 98.2 Å². The van der Waals surface area contributed by atoms with E-state index in [0.717, 1.165) is 68.7 Å². The van der Waals surface area contributed by atoms with Gasteiger partial charge in [0.2, 0.25) is 0 Å². The number of aromatic nitrogens is 8. The number of fused-ring (bicyclic) bond motifs is 3. The summed E-state index contributed by atoms with van der Waals surface area (Å²) >= 11 is 0. The summed E-state index contributed by atoms with van der Waals surface area (Å²) in [7, 11) is 5.89. The van der Waals surface area contributed by atoms with Crippen molar-refractivity contribution >= 4 is 57.6 Å². The Morgan fingerprint density at radius 2 is 0.808 bits per heavy atom. The molecular weight excluding hydrogens is 1080 g/mol. The van der Waals surface area contributed by atoms with Crippen LogP contribution in [0.25, 0.3) is 16.9 Å². The first-order valence-electron chi connectivity index (χ1n) is 24.8. The molecule has 0 fully saturated rings. The molecule has 0 aliphatic carbocycles. The molecule has 0 saturated carbocycles. The molecule has 0 amide bonds. The zero-order valence-electron chi connectivity index (χ0n) is 47.1. The van der Waals surface area contributed by atoms with Crippen molar-refractivity contribution in [2.75, 3.05) is 14.1 Å². The van der Waals surface area contributed by atoms with E-state index in [1.807, 2.05) is 85.4 Å². The Morgan fingerprint density at radius 1 is 0.466 bits per heavy atom. The minimum Gasteiger partial charge on any atom is -0.348 e. The van der Waals surface area contributed by atoms with Crippen LogP contribution in [0.2, 0.25) is 0 Å². The van der Waals surface area contributed by atoms with Gasteiger partial charge in [0, 0.05) is 49.6 Å². The largest absolute Gasteiger partial charge is 0.495 e. The van der Waals surface area contributed by atoms with E-state index < -0.39 is 0 Å². The molecule has 0 bridgehead atoms. The van der Waals surface area contributed by atoms with E-state index >= 15 is 0 Å². The fraction of sp³-hybridized carbons (Fsp3) is 0.450. The van der Waals surface area contributed by atoms with Crippen molar-refractivity contribution in [2.24, 2.45) is 7.05 Å². The van der Waals surface area contributed by atoms with Crippen LogP contribution in [0.5, 0.6) is 0 Å². The standard InChI is InChI=1S/3C20H25N4.Ir/c3*1-19(2,3)14-9-8-10-15(11-14)24-13-23(7)16-12-21-18(20(4,5)6)22-17(16)24;/h3*8-9,11-12H,1-7H3;/q-1;2*+1;. The van der Waals surface area contributed by atoms with Gasteiger partial charge in [-0.15, -0.1) is 28.2 Å². The van der Waals surface area contributed by atoms with Crippen molar-refractivity contribution in [3.8, 4) is 5.69 Å². The fourth-order valence-corrected chi connectivity index (χ4v) is 7.79. The van der Waals surface area contributed by atoms with Crippen LogP contribution in [-0.2, 0) is 59.6 Å². The van der Waals surface area contributed by atoms with Gasteiger partial charge in [-0.05, 0) is 16.2 Å². The third-order valence-electron chi connectivity index (χ3n) is 12.4. The van der Waals surface area contributed by atoms with Gasteiger partial charge < -0.3 is 9.13 Å². The van der Waals surface area contributed by atoms with E-state index in [9.17, 15) is 0 Å². The first-order chi connectivity index (χ1) is 33.2. The van der Waals surface area contributed by atoms with Crippen molar-refractivity contribution in [2.45, 2.75) is 157 Å². The van der Waals surface area contributed by atoms with E-state index in [1.54, 1.807) is 0 Å². The summed E-state index contributed by atoms with van der Waals surface area (Å²) in [5.41, 5.74) is 10.3. The molecule has 7 aromatic rings. The SMILES string of the molecule is C[N+]1=C=[N+](c2[c-]ccc(C(C)(C)C)c2)c2nc(C(C)(C)C)ncc21.C[N+]1=C=[N+](c2[c-]ccc(C(C)(C)C)c2)c2nc(C(C)(C)C)ncc21.Cn1[c-][n+](-c2[c-]ccc(C(C)(C)C)c2)c2nc(C(C)(C)C)ncc21.[Ir]. The normalized spacial score (nSPS) is 13.6. The summed E-state index contributed by atoms with van der Waals surface area (Å²) in [6, 6.07) is 35.4. The first kappa shape index (κ1) is 56.1. The molecular formula is C60H75IrN12+. The average molecular weight is 1160 g/mol. The van der Waals surface area contributed by atoms with E-state index in [2.05, 4.69) is 213 Å². The molecule has 6 heterocycles. The summed E-state index contributed by atoms with van der Waals surface area (Å²) in [4.78, 5) is 28.0. The summed E-state index contributed by atoms with van der Waals surface area (Å²) in [5, 5.41) is 0. The molecule has 9 rings (SSSR count). The zero-order chi connectivity index (χ0) is 53.1. The molecule has 13 heteroatoms. The Labute approximate surface area is 448 Å². The van der Waals surface area contributed by atoms with Crippen molar-refractivity contribution in [3.63, 3.8) is 0 Å². The van der Waals surface area contributed by atoms with Crippen LogP contribution in [0.15, 0.2) is 73.2 Å². The number of benzene rings is 3. The van der Waals surface area contributed by atoms with Gasteiger partial charge in [0.25, 0.3) is 0 Å². The third-order valence-corrected chi connectivity index (χ3v) is 12.4. The van der Waals surface area contributed by atoms with Crippen LogP contribution in [0.4, 0.5) is 34.4 Å². The summed E-state index contributed by atoms with van der Waals surface area (Å²) in [5.74, 6) is 4.21. The second-order valence-electron chi connectivity index (χ2n) is 25.1. The molecule has 0 unspecified atom stereocenters. The molecule has 0 spiro atoms.